The Bertz CT molecular complexity index is 531. The molecule has 2 aromatic rings. The van der Waals surface area contributed by atoms with Gasteiger partial charge in [0.2, 0.25) is 0 Å². The molecule has 3 heteroatoms. The lowest BCUT2D eigenvalue weighted by Crippen LogP contribution is -2.11. The molecule has 1 unspecified atom stereocenters. The first-order chi connectivity index (χ1) is 8.60. The molecule has 1 atom stereocenters. The van der Waals surface area contributed by atoms with E-state index in [1.165, 1.54) is 11.1 Å². The van der Waals surface area contributed by atoms with Gasteiger partial charge in [-0.3, -0.25) is 0 Å². The van der Waals surface area contributed by atoms with E-state index in [4.69, 9.17) is 11.6 Å². The van der Waals surface area contributed by atoms with Crippen LogP contribution in [0.2, 0.25) is 5.02 Å². The predicted octanol–water partition coefficient (Wildman–Crippen LogP) is 3.78. The summed E-state index contributed by atoms with van der Waals surface area (Å²) in [5.41, 5.74) is 3.64. The Labute approximate surface area is 114 Å². The molecule has 1 heterocycles. The second kappa shape index (κ2) is 5.59. The van der Waals surface area contributed by atoms with E-state index in [0.717, 1.165) is 17.1 Å². The van der Waals surface area contributed by atoms with Crippen molar-refractivity contribution in [3.05, 3.63) is 58.4 Å². The summed E-state index contributed by atoms with van der Waals surface area (Å²) in [6.45, 7) is 5.02. The van der Waals surface area contributed by atoms with Gasteiger partial charge in [-0.2, -0.15) is 0 Å². The number of aromatic nitrogens is 1. The highest BCUT2D eigenvalue weighted by Gasteiger charge is 2.06. The van der Waals surface area contributed by atoms with Crippen molar-refractivity contribution < 1.29 is 0 Å². The van der Waals surface area contributed by atoms with Gasteiger partial charge in [0.1, 0.15) is 0 Å². The fourth-order valence-corrected chi connectivity index (χ4v) is 2.25. The first kappa shape index (κ1) is 13.2. The van der Waals surface area contributed by atoms with Gasteiger partial charge in [0.05, 0.1) is 0 Å². The van der Waals surface area contributed by atoms with Crippen LogP contribution >= 0.6 is 11.6 Å². The topological polar surface area (TPSA) is 17.0 Å². The van der Waals surface area contributed by atoms with Gasteiger partial charge < -0.3 is 9.88 Å². The van der Waals surface area contributed by atoms with Crippen LogP contribution in [0.25, 0.3) is 0 Å². The second-order valence-corrected chi connectivity index (χ2v) is 5.13. The van der Waals surface area contributed by atoms with Gasteiger partial charge in [0, 0.05) is 30.0 Å². The molecule has 18 heavy (non-hydrogen) atoms. The second-order valence-electron chi connectivity index (χ2n) is 4.72. The number of rotatable bonds is 4. The van der Waals surface area contributed by atoms with Crippen molar-refractivity contribution in [2.24, 2.45) is 0 Å². The van der Waals surface area contributed by atoms with Crippen LogP contribution in [0.15, 0.2) is 36.7 Å². The van der Waals surface area contributed by atoms with Crippen LogP contribution in [-0.2, 0) is 6.54 Å². The van der Waals surface area contributed by atoms with Gasteiger partial charge in [0.15, 0.2) is 0 Å². The number of halogens is 1. The molecule has 1 aromatic heterocycles. The normalized spacial score (nSPS) is 12.7. The van der Waals surface area contributed by atoms with Crippen molar-refractivity contribution in [3.8, 4) is 0 Å². The molecule has 1 aromatic carbocycles. The van der Waals surface area contributed by atoms with Crippen molar-refractivity contribution in [2.75, 3.05) is 7.05 Å². The lowest BCUT2D eigenvalue weighted by Gasteiger charge is -2.08. The zero-order valence-electron chi connectivity index (χ0n) is 11.1. The summed E-state index contributed by atoms with van der Waals surface area (Å²) in [5, 5.41) is 4.08. The first-order valence-electron chi connectivity index (χ1n) is 6.18. The standard InChI is InChI=1S/C15H19ClN2/c1-11-4-5-14(15(16)8-11)10-18-7-6-13(9-18)12(2)17-3/h4-9,12,17H,10H2,1-3H3. The van der Waals surface area contributed by atoms with Crippen molar-refractivity contribution in [1.29, 1.82) is 0 Å². The van der Waals surface area contributed by atoms with E-state index >= 15 is 0 Å². The SMILES string of the molecule is CNC(C)c1ccn(Cc2ccc(C)cc2Cl)c1. The molecular weight excluding hydrogens is 244 g/mol. The van der Waals surface area contributed by atoms with Gasteiger partial charge in [0.25, 0.3) is 0 Å². The van der Waals surface area contributed by atoms with Crippen LogP contribution in [0, 0.1) is 6.92 Å². The molecular formula is C15H19ClN2. The Morgan fingerprint density at radius 1 is 1.33 bits per heavy atom. The number of nitrogens with one attached hydrogen (secondary N) is 1. The zero-order chi connectivity index (χ0) is 13.1. The van der Waals surface area contributed by atoms with E-state index in [-0.39, 0.29) is 0 Å². The Balaban J connectivity index is 2.16. The number of hydrogen-bond donors (Lipinski definition) is 1. The van der Waals surface area contributed by atoms with E-state index < -0.39 is 0 Å². The third kappa shape index (κ3) is 2.95. The van der Waals surface area contributed by atoms with Crippen LogP contribution in [0.4, 0.5) is 0 Å². The number of benzene rings is 1. The molecule has 0 saturated carbocycles. The van der Waals surface area contributed by atoms with Crippen LogP contribution in [0.1, 0.15) is 29.7 Å². The maximum atomic E-state index is 6.25. The molecule has 0 aliphatic heterocycles. The van der Waals surface area contributed by atoms with E-state index in [2.05, 4.69) is 54.3 Å². The molecule has 0 bridgehead atoms. The maximum absolute atomic E-state index is 6.25. The highest BCUT2D eigenvalue weighted by atomic mass is 35.5. The molecule has 1 N–H and O–H groups in total. The Kier molecular flexibility index (Phi) is 4.10. The molecule has 0 amide bonds. The Morgan fingerprint density at radius 2 is 2.11 bits per heavy atom. The molecule has 0 radical (unpaired) electrons. The molecule has 0 aliphatic carbocycles. The minimum atomic E-state index is 0.375. The fraction of sp³-hybridized carbons (Fsp3) is 0.333. The van der Waals surface area contributed by atoms with E-state index in [0.29, 0.717) is 6.04 Å². The van der Waals surface area contributed by atoms with E-state index in [1.807, 2.05) is 13.1 Å². The first-order valence-corrected chi connectivity index (χ1v) is 6.56. The van der Waals surface area contributed by atoms with E-state index in [1.54, 1.807) is 0 Å². The summed E-state index contributed by atoms with van der Waals surface area (Å²) in [7, 11) is 1.97. The maximum Gasteiger partial charge on any atom is 0.0485 e. The lowest BCUT2D eigenvalue weighted by atomic mass is 10.1. The molecule has 0 aliphatic rings. The van der Waals surface area contributed by atoms with Gasteiger partial charge in [-0.05, 0) is 49.7 Å². The average molecular weight is 263 g/mol. The molecule has 0 spiro atoms. The number of nitrogens with zero attached hydrogens (tertiary/aromatic N) is 1. The summed E-state index contributed by atoms with van der Waals surface area (Å²) >= 11 is 6.25. The summed E-state index contributed by atoms with van der Waals surface area (Å²) < 4.78 is 2.17. The molecule has 2 nitrogen and oxygen atoms in total. The van der Waals surface area contributed by atoms with Crippen molar-refractivity contribution in [2.45, 2.75) is 26.4 Å². The van der Waals surface area contributed by atoms with E-state index in [9.17, 15) is 0 Å². The van der Waals surface area contributed by atoms with Crippen molar-refractivity contribution in [3.63, 3.8) is 0 Å². The van der Waals surface area contributed by atoms with Gasteiger partial charge in [-0.25, -0.2) is 0 Å². The lowest BCUT2D eigenvalue weighted by molar-refractivity contribution is 0.649. The summed E-state index contributed by atoms with van der Waals surface area (Å²) in [6.07, 6.45) is 4.26. The number of aryl methyl sites for hydroxylation is 1. The minimum Gasteiger partial charge on any atom is -0.350 e. The molecule has 0 saturated heterocycles. The largest absolute Gasteiger partial charge is 0.350 e. The fourth-order valence-electron chi connectivity index (χ4n) is 1.96. The third-order valence-electron chi connectivity index (χ3n) is 3.27. The minimum absolute atomic E-state index is 0.375. The van der Waals surface area contributed by atoms with Crippen molar-refractivity contribution in [1.82, 2.24) is 9.88 Å². The zero-order valence-corrected chi connectivity index (χ0v) is 11.8. The van der Waals surface area contributed by atoms with Crippen molar-refractivity contribution >= 4 is 11.6 Å². The van der Waals surface area contributed by atoms with Crippen LogP contribution in [0.5, 0.6) is 0 Å². The van der Waals surface area contributed by atoms with Gasteiger partial charge >= 0.3 is 0 Å². The average Bonchev–Trinajstić information content (AvgIpc) is 2.80. The van der Waals surface area contributed by atoms with Gasteiger partial charge in [-0.15, -0.1) is 0 Å². The predicted molar refractivity (Wildman–Crippen MR) is 77.2 cm³/mol. The highest BCUT2D eigenvalue weighted by molar-refractivity contribution is 6.31. The van der Waals surface area contributed by atoms with Crippen LogP contribution in [-0.4, -0.2) is 11.6 Å². The van der Waals surface area contributed by atoms with Gasteiger partial charge in [-0.1, -0.05) is 23.7 Å². The Morgan fingerprint density at radius 3 is 2.78 bits per heavy atom. The molecule has 2 rings (SSSR count). The monoisotopic (exact) mass is 262 g/mol. The summed E-state index contributed by atoms with van der Waals surface area (Å²) in [4.78, 5) is 0. The smallest absolute Gasteiger partial charge is 0.0485 e. The summed E-state index contributed by atoms with van der Waals surface area (Å²) in [5.74, 6) is 0. The summed E-state index contributed by atoms with van der Waals surface area (Å²) in [6, 6.07) is 8.72. The molecule has 96 valence electrons. The number of hydrogen-bond acceptors (Lipinski definition) is 1. The van der Waals surface area contributed by atoms with Crippen LogP contribution in [0.3, 0.4) is 0 Å². The van der Waals surface area contributed by atoms with Crippen LogP contribution < -0.4 is 5.32 Å². The third-order valence-corrected chi connectivity index (χ3v) is 3.62. The molecule has 0 fully saturated rings. The quantitative estimate of drug-likeness (QED) is 0.887. The Hall–Kier alpha value is -1.25. The highest BCUT2D eigenvalue weighted by Crippen LogP contribution is 2.20.